The molecule has 0 bridgehead atoms. The topological polar surface area (TPSA) is 42.7 Å². The molecule has 106 valence electrons. The number of benzene rings is 1. The molecule has 1 unspecified atom stereocenters. The smallest absolute Gasteiger partial charge is 0.0924 e. The van der Waals surface area contributed by atoms with E-state index in [0.29, 0.717) is 0 Å². The maximum atomic E-state index is 4.63. The number of pyridine rings is 1. The van der Waals surface area contributed by atoms with Crippen LogP contribution < -0.4 is 5.32 Å². The van der Waals surface area contributed by atoms with E-state index in [9.17, 15) is 0 Å². The van der Waals surface area contributed by atoms with Crippen LogP contribution in [-0.4, -0.2) is 21.8 Å². The van der Waals surface area contributed by atoms with Gasteiger partial charge in [0, 0.05) is 11.9 Å². The highest BCUT2D eigenvalue weighted by atomic mass is 15.3. The summed E-state index contributed by atoms with van der Waals surface area (Å²) in [4.78, 5) is 4.63. The lowest BCUT2D eigenvalue weighted by Gasteiger charge is -2.18. The molecule has 0 amide bonds. The molecule has 1 N–H and O–H groups in total. The summed E-state index contributed by atoms with van der Waals surface area (Å²) in [6.45, 7) is 2.00. The van der Waals surface area contributed by atoms with Crippen molar-refractivity contribution in [3.05, 3.63) is 77.9 Å². The Morgan fingerprint density at radius 3 is 2.52 bits per heavy atom. The van der Waals surface area contributed by atoms with Gasteiger partial charge in [0.25, 0.3) is 0 Å². The van der Waals surface area contributed by atoms with E-state index in [1.54, 1.807) is 0 Å². The lowest BCUT2D eigenvalue weighted by Crippen LogP contribution is -2.22. The summed E-state index contributed by atoms with van der Waals surface area (Å²) in [5.41, 5.74) is 4.13. The Hall–Kier alpha value is -2.46. The molecular weight excluding hydrogens is 260 g/mol. The summed E-state index contributed by atoms with van der Waals surface area (Å²) in [5.74, 6) is 0. The van der Waals surface area contributed by atoms with Gasteiger partial charge in [-0.3, -0.25) is 4.98 Å². The van der Waals surface area contributed by atoms with E-state index in [2.05, 4.69) is 15.4 Å². The molecule has 3 rings (SSSR count). The van der Waals surface area contributed by atoms with E-state index in [4.69, 9.17) is 0 Å². The summed E-state index contributed by atoms with van der Waals surface area (Å²) < 4.78 is 1.95. The monoisotopic (exact) mass is 278 g/mol. The second-order valence-corrected chi connectivity index (χ2v) is 4.93. The Kier molecular flexibility index (Phi) is 3.79. The quantitative estimate of drug-likeness (QED) is 0.798. The van der Waals surface area contributed by atoms with Gasteiger partial charge in [-0.1, -0.05) is 24.3 Å². The third kappa shape index (κ3) is 2.71. The van der Waals surface area contributed by atoms with Gasteiger partial charge in [0.05, 0.1) is 23.1 Å². The predicted octanol–water partition coefficient (Wildman–Crippen LogP) is 2.88. The average Bonchev–Trinajstić information content (AvgIpc) is 2.98. The zero-order valence-corrected chi connectivity index (χ0v) is 12.2. The van der Waals surface area contributed by atoms with Crippen LogP contribution in [0.1, 0.15) is 23.1 Å². The Labute approximate surface area is 124 Å². The zero-order valence-electron chi connectivity index (χ0n) is 12.2. The number of hydrogen-bond donors (Lipinski definition) is 1. The Bertz CT molecular complexity index is 718. The van der Waals surface area contributed by atoms with Gasteiger partial charge >= 0.3 is 0 Å². The second-order valence-electron chi connectivity index (χ2n) is 4.93. The van der Waals surface area contributed by atoms with Crippen LogP contribution in [0.5, 0.6) is 0 Å². The molecule has 0 aliphatic rings. The first-order valence-electron chi connectivity index (χ1n) is 7.00. The molecule has 2 aromatic heterocycles. The fraction of sp³-hybridized carbons (Fsp3) is 0.176. The molecule has 4 nitrogen and oxygen atoms in total. The summed E-state index contributed by atoms with van der Waals surface area (Å²) in [6.07, 6.45) is 1.82. The second kappa shape index (κ2) is 5.89. The Morgan fingerprint density at radius 1 is 1.00 bits per heavy atom. The minimum absolute atomic E-state index is 0.00704. The summed E-state index contributed by atoms with van der Waals surface area (Å²) in [5, 5.41) is 7.79. The van der Waals surface area contributed by atoms with Crippen molar-refractivity contribution in [2.24, 2.45) is 0 Å². The average molecular weight is 278 g/mol. The van der Waals surface area contributed by atoms with Crippen molar-refractivity contribution < 1.29 is 0 Å². The van der Waals surface area contributed by atoms with E-state index < -0.39 is 0 Å². The van der Waals surface area contributed by atoms with Crippen molar-refractivity contribution in [3.8, 4) is 5.69 Å². The van der Waals surface area contributed by atoms with Gasteiger partial charge < -0.3 is 5.32 Å². The third-order valence-corrected chi connectivity index (χ3v) is 3.46. The van der Waals surface area contributed by atoms with Crippen molar-refractivity contribution in [2.45, 2.75) is 13.0 Å². The SMILES string of the molecule is CNC(c1cccc(C)n1)c1ccnn1-c1ccccc1. The van der Waals surface area contributed by atoms with Gasteiger partial charge in [-0.2, -0.15) is 5.10 Å². The van der Waals surface area contributed by atoms with E-state index >= 15 is 0 Å². The largest absolute Gasteiger partial charge is 0.307 e. The molecule has 0 aliphatic heterocycles. The van der Waals surface area contributed by atoms with Gasteiger partial charge in [-0.25, -0.2) is 4.68 Å². The van der Waals surface area contributed by atoms with Crippen LogP contribution in [0.2, 0.25) is 0 Å². The molecule has 0 saturated heterocycles. The van der Waals surface area contributed by atoms with E-state index in [0.717, 1.165) is 22.8 Å². The summed E-state index contributed by atoms with van der Waals surface area (Å²) in [6, 6.07) is 18.2. The first-order chi connectivity index (χ1) is 10.3. The highest BCUT2D eigenvalue weighted by Crippen LogP contribution is 2.22. The zero-order chi connectivity index (χ0) is 14.7. The molecular formula is C17H18N4. The first-order valence-corrected chi connectivity index (χ1v) is 7.00. The van der Waals surface area contributed by atoms with Gasteiger partial charge in [0.15, 0.2) is 0 Å². The van der Waals surface area contributed by atoms with E-state index in [-0.39, 0.29) is 6.04 Å². The predicted molar refractivity (Wildman–Crippen MR) is 83.4 cm³/mol. The van der Waals surface area contributed by atoms with Crippen molar-refractivity contribution in [3.63, 3.8) is 0 Å². The molecule has 0 saturated carbocycles. The number of nitrogens with zero attached hydrogens (tertiary/aromatic N) is 3. The fourth-order valence-electron chi connectivity index (χ4n) is 2.49. The Morgan fingerprint density at radius 2 is 1.81 bits per heavy atom. The molecule has 0 fully saturated rings. The minimum atomic E-state index is 0.00704. The van der Waals surface area contributed by atoms with E-state index in [1.165, 1.54) is 0 Å². The van der Waals surface area contributed by atoms with Crippen molar-refractivity contribution in [1.29, 1.82) is 0 Å². The molecule has 21 heavy (non-hydrogen) atoms. The molecule has 0 spiro atoms. The standard InChI is InChI=1S/C17H18N4/c1-13-7-6-10-15(20-13)17(18-2)16-11-12-19-21(16)14-8-4-3-5-9-14/h3-12,17-18H,1-2H3. The van der Waals surface area contributed by atoms with Gasteiger partial charge in [-0.05, 0) is 44.3 Å². The van der Waals surface area contributed by atoms with Gasteiger partial charge in [0.1, 0.15) is 0 Å². The van der Waals surface area contributed by atoms with Crippen LogP contribution in [0.15, 0.2) is 60.8 Å². The molecule has 1 aromatic carbocycles. The number of aromatic nitrogens is 3. The molecule has 4 heteroatoms. The normalized spacial score (nSPS) is 12.3. The van der Waals surface area contributed by atoms with Crippen molar-refractivity contribution in [2.75, 3.05) is 7.05 Å². The highest BCUT2D eigenvalue weighted by Gasteiger charge is 2.18. The molecule has 3 aromatic rings. The fourth-order valence-corrected chi connectivity index (χ4v) is 2.49. The van der Waals surface area contributed by atoms with Crippen LogP contribution in [-0.2, 0) is 0 Å². The number of aryl methyl sites for hydroxylation is 1. The van der Waals surface area contributed by atoms with Crippen LogP contribution in [0.4, 0.5) is 0 Å². The molecule has 0 radical (unpaired) electrons. The lowest BCUT2D eigenvalue weighted by molar-refractivity contribution is 0.621. The molecule has 2 heterocycles. The van der Waals surface area contributed by atoms with Crippen LogP contribution >= 0.6 is 0 Å². The number of hydrogen-bond acceptors (Lipinski definition) is 3. The first kappa shape index (κ1) is 13.5. The molecule has 1 atom stereocenters. The Balaban J connectivity index is 2.05. The number of nitrogens with one attached hydrogen (secondary N) is 1. The van der Waals surface area contributed by atoms with Gasteiger partial charge in [-0.15, -0.1) is 0 Å². The van der Waals surface area contributed by atoms with Crippen molar-refractivity contribution >= 4 is 0 Å². The lowest BCUT2D eigenvalue weighted by atomic mass is 10.1. The molecule has 0 aliphatic carbocycles. The summed E-state index contributed by atoms with van der Waals surface area (Å²) in [7, 11) is 1.94. The minimum Gasteiger partial charge on any atom is -0.307 e. The van der Waals surface area contributed by atoms with Gasteiger partial charge in [0.2, 0.25) is 0 Å². The number of para-hydroxylation sites is 1. The van der Waals surface area contributed by atoms with Crippen LogP contribution in [0.25, 0.3) is 5.69 Å². The highest BCUT2D eigenvalue weighted by molar-refractivity contribution is 5.35. The third-order valence-electron chi connectivity index (χ3n) is 3.46. The van der Waals surface area contributed by atoms with Crippen LogP contribution in [0.3, 0.4) is 0 Å². The summed E-state index contributed by atoms with van der Waals surface area (Å²) >= 11 is 0. The van der Waals surface area contributed by atoms with Crippen molar-refractivity contribution in [1.82, 2.24) is 20.1 Å². The maximum Gasteiger partial charge on any atom is 0.0924 e. The number of rotatable bonds is 4. The maximum absolute atomic E-state index is 4.63. The van der Waals surface area contributed by atoms with E-state index in [1.807, 2.05) is 79.4 Å². The van der Waals surface area contributed by atoms with Crippen LogP contribution in [0, 0.1) is 6.92 Å².